The first kappa shape index (κ1) is 24.3. The van der Waals surface area contributed by atoms with Gasteiger partial charge in [-0.2, -0.15) is 0 Å². The lowest BCUT2D eigenvalue weighted by molar-refractivity contribution is -0.119. The van der Waals surface area contributed by atoms with Gasteiger partial charge in [-0.05, 0) is 49.6 Å². The molecular formula is C22H30N2O6S. The molecule has 9 heteroatoms. The van der Waals surface area contributed by atoms with Crippen LogP contribution in [0.15, 0.2) is 42.5 Å². The fourth-order valence-corrected chi connectivity index (χ4v) is 3.92. The molecule has 8 nitrogen and oxygen atoms in total. The fourth-order valence-electron chi connectivity index (χ4n) is 3.06. The maximum Gasteiger partial charge on any atom is 0.240 e. The third-order valence-electron chi connectivity index (χ3n) is 4.53. The van der Waals surface area contributed by atoms with E-state index in [0.717, 1.165) is 22.5 Å². The quantitative estimate of drug-likeness (QED) is 0.500. The SMILES string of the molecule is CCOc1ccccc1N(CC(=O)NCCCc1ccc(OC)c(OC)c1)S(C)(=O)=O. The van der Waals surface area contributed by atoms with Crippen LogP contribution < -0.4 is 23.8 Å². The van der Waals surface area contributed by atoms with Crippen molar-refractivity contribution in [3.8, 4) is 17.2 Å². The highest BCUT2D eigenvalue weighted by Crippen LogP contribution is 2.30. The molecule has 2 aromatic carbocycles. The summed E-state index contributed by atoms with van der Waals surface area (Å²) in [6.07, 6.45) is 2.49. The Balaban J connectivity index is 1.96. The molecule has 0 aliphatic carbocycles. The van der Waals surface area contributed by atoms with Crippen molar-refractivity contribution in [2.24, 2.45) is 0 Å². The molecule has 0 aliphatic heterocycles. The number of para-hydroxylation sites is 2. The molecule has 2 rings (SSSR count). The smallest absolute Gasteiger partial charge is 0.240 e. The van der Waals surface area contributed by atoms with Crippen molar-refractivity contribution in [1.29, 1.82) is 0 Å². The summed E-state index contributed by atoms with van der Waals surface area (Å²) in [5.74, 6) is 1.34. The highest BCUT2D eigenvalue weighted by molar-refractivity contribution is 7.92. The van der Waals surface area contributed by atoms with E-state index < -0.39 is 10.0 Å². The van der Waals surface area contributed by atoms with Crippen molar-refractivity contribution in [2.45, 2.75) is 19.8 Å². The Labute approximate surface area is 184 Å². The Kier molecular flexibility index (Phi) is 8.99. The first-order chi connectivity index (χ1) is 14.8. The van der Waals surface area contributed by atoms with E-state index in [-0.39, 0.29) is 12.5 Å². The van der Waals surface area contributed by atoms with E-state index >= 15 is 0 Å². The van der Waals surface area contributed by atoms with E-state index in [0.29, 0.717) is 42.5 Å². The summed E-state index contributed by atoms with van der Waals surface area (Å²) >= 11 is 0. The molecule has 170 valence electrons. The molecule has 0 saturated heterocycles. The van der Waals surface area contributed by atoms with Crippen LogP contribution in [0.5, 0.6) is 17.2 Å². The number of hydrogen-bond donors (Lipinski definition) is 1. The van der Waals surface area contributed by atoms with Crippen LogP contribution in [0.25, 0.3) is 0 Å². The van der Waals surface area contributed by atoms with Crippen LogP contribution in [0.1, 0.15) is 18.9 Å². The molecular weight excluding hydrogens is 420 g/mol. The second kappa shape index (κ2) is 11.5. The molecule has 1 amide bonds. The minimum Gasteiger partial charge on any atom is -0.493 e. The number of hydrogen-bond acceptors (Lipinski definition) is 6. The van der Waals surface area contributed by atoms with E-state index in [9.17, 15) is 13.2 Å². The zero-order valence-electron chi connectivity index (χ0n) is 18.4. The molecule has 0 atom stereocenters. The lowest BCUT2D eigenvalue weighted by Crippen LogP contribution is -2.40. The molecule has 0 radical (unpaired) electrons. The van der Waals surface area contributed by atoms with Crippen LogP contribution in [-0.4, -0.2) is 54.5 Å². The van der Waals surface area contributed by atoms with Gasteiger partial charge in [-0.25, -0.2) is 8.42 Å². The van der Waals surface area contributed by atoms with Crippen LogP contribution in [-0.2, 0) is 21.2 Å². The summed E-state index contributed by atoms with van der Waals surface area (Å²) in [6, 6.07) is 12.4. The first-order valence-electron chi connectivity index (χ1n) is 9.97. The molecule has 0 heterocycles. The number of methoxy groups -OCH3 is 2. The Morgan fingerprint density at radius 2 is 1.74 bits per heavy atom. The molecule has 0 spiro atoms. The van der Waals surface area contributed by atoms with Crippen molar-refractivity contribution in [2.75, 3.05) is 44.5 Å². The van der Waals surface area contributed by atoms with Gasteiger partial charge in [0.1, 0.15) is 12.3 Å². The van der Waals surface area contributed by atoms with Gasteiger partial charge in [-0.15, -0.1) is 0 Å². The summed E-state index contributed by atoms with van der Waals surface area (Å²) in [5.41, 5.74) is 1.39. The number of aryl methyl sites for hydroxylation is 1. The standard InChI is InChI=1S/C22H30N2O6S/c1-5-30-19-11-7-6-10-18(19)24(31(4,26)27)16-22(25)23-14-8-9-17-12-13-20(28-2)21(15-17)29-3/h6-7,10-13,15H,5,8-9,14,16H2,1-4H3,(H,23,25). The molecule has 0 aromatic heterocycles. The van der Waals surface area contributed by atoms with Gasteiger partial charge in [-0.3, -0.25) is 9.10 Å². The highest BCUT2D eigenvalue weighted by atomic mass is 32.2. The lowest BCUT2D eigenvalue weighted by Gasteiger charge is -2.24. The maximum atomic E-state index is 12.4. The largest absolute Gasteiger partial charge is 0.493 e. The highest BCUT2D eigenvalue weighted by Gasteiger charge is 2.23. The van der Waals surface area contributed by atoms with Gasteiger partial charge in [0.2, 0.25) is 15.9 Å². The molecule has 0 unspecified atom stereocenters. The van der Waals surface area contributed by atoms with Gasteiger partial charge >= 0.3 is 0 Å². The predicted octanol–water partition coefficient (Wildman–Crippen LogP) is 2.62. The Hall–Kier alpha value is -2.94. The molecule has 31 heavy (non-hydrogen) atoms. The van der Waals surface area contributed by atoms with Gasteiger partial charge in [0.15, 0.2) is 11.5 Å². The van der Waals surface area contributed by atoms with E-state index in [1.54, 1.807) is 38.5 Å². The molecule has 2 aromatic rings. The molecule has 0 saturated carbocycles. The van der Waals surface area contributed by atoms with E-state index in [4.69, 9.17) is 14.2 Å². The molecule has 1 N–H and O–H groups in total. The van der Waals surface area contributed by atoms with Crippen LogP contribution in [0.3, 0.4) is 0 Å². The Bertz CT molecular complexity index is 978. The molecule has 0 aliphatic rings. The third kappa shape index (κ3) is 7.06. The number of nitrogens with one attached hydrogen (secondary N) is 1. The Morgan fingerprint density at radius 3 is 2.39 bits per heavy atom. The van der Waals surface area contributed by atoms with Crippen LogP contribution in [0, 0.1) is 0 Å². The average Bonchev–Trinajstić information content (AvgIpc) is 2.75. The number of benzene rings is 2. The summed E-state index contributed by atoms with van der Waals surface area (Å²) in [5, 5.41) is 2.79. The van der Waals surface area contributed by atoms with Crippen molar-refractivity contribution < 1.29 is 27.4 Å². The van der Waals surface area contributed by atoms with Gasteiger partial charge in [0, 0.05) is 6.54 Å². The van der Waals surface area contributed by atoms with Crippen molar-refractivity contribution in [3.05, 3.63) is 48.0 Å². The summed E-state index contributed by atoms with van der Waals surface area (Å²) in [7, 11) is -0.510. The monoisotopic (exact) mass is 450 g/mol. The number of sulfonamides is 1. The topological polar surface area (TPSA) is 94.2 Å². The van der Waals surface area contributed by atoms with E-state index in [2.05, 4.69) is 5.32 Å². The average molecular weight is 451 g/mol. The van der Waals surface area contributed by atoms with Crippen molar-refractivity contribution in [1.82, 2.24) is 5.32 Å². The first-order valence-corrected chi connectivity index (χ1v) is 11.8. The van der Waals surface area contributed by atoms with Crippen molar-refractivity contribution in [3.63, 3.8) is 0 Å². The fraction of sp³-hybridized carbons (Fsp3) is 0.409. The number of carbonyl (C=O) groups is 1. The number of nitrogens with zero attached hydrogens (tertiary/aromatic N) is 1. The normalized spacial score (nSPS) is 11.0. The van der Waals surface area contributed by atoms with Crippen LogP contribution >= 0.6 is 0 Å². The van der Waals surface area contributed by atoms with Gasteiger partial charge in [0.05, 0.1) is 32.8 Å². The van der Waals surface area contributed by atoms with Gasteiger partial charge < -0.3 is 19.5 Å². The summed E-state index contributed by atoms with van der Waals surface area (Å²) in [4.78, 5) is 12.4. The van der Waals surface area contributed by atoms with Gasteiger partial charge in [0.25, 0.3) is 0 Å². The number of amides is 1. The van der Waals surface area contributed by atoms with Crippen LogP contribution in [0.2, 0.25) is 0 Å². The molecule has 0 fully saturated rings. The van der Waals surface area contributed by atoms with Crippen molar-refractivity contribution >= 4 is 21.6 Å². The summed E-state index contributed by atoms with van der Waals surface area (Å²) in [6.45, 7) is 2.29. The predicted molar refractivity (Wildman–Crippen MR) is 121 cm³/mol. The summed E-state index contributed by atoms with van der Waals surface area (Å²) < 4.78 is 41.7. The van der Waals surface area contributed by atoms with Gasteiger partial charge in [-0.1, -0.05) is 18.2 Å². The number of anilines is 1. The second-order valence-corrected chi connectivity index (χ2v) is 8.72. The maximum absolute atomic E-state index is 12.4. The zero-order valence-corrected chi connectivity index (χ0v) is 19.2. The lowest BCUT2D eigenvalue weighted by atomic mass is 10.1. The zero-order chi connectivity index (χ0) is 22.9. The van der Waals surface area contributed by atoms with E-state index in [1.165, 1.54) is 0 Å². The number of carbonyl (C=O) groups excluding carboxylic acids is 1. The minimum atomic E-state index is -3.68. The molecule has 0 bridgehead atoms. The third-order valence-corrected chi connectivity index (χ3v) is 5.66. The number of rotatable bonds is 12. The minimum absolute atomic E-state index is 0.320. The number of ether oxygens (including phenoxy) is 3. The Morgan fingerprint density at radius 1 is 1.03 bits per heavy atom. The van der Waals surface area contributed by atoms with E-state index in [1.807, 2.05) is 25.1 Å². The van der Waals surface area contributed by atoms with Crippen LogP contribution in [0.4, 0.5) is 5.69 Å². The second-order valence-electron chi connectivity index (χ2n) is 6.81.